The van der Waals surface area contributed by atoms with Gasteiger partial charge in [0.15, 0.2) is 4.80 Å². The Kier molecular flexibility index (Phi) is 4.41. The summed E-state index contributed by atoms with van der Waals surface area (Å²) < 4.78 is 2.84. The Bertz CT molecular complexity index is 721. The molecule has 0 aliphatic rings. The Morgan fingerprint density at radius 1 is 1.58 bits per heavy atom. The highest BCUT2D eigenvalue weighted by molar-refractivity contribution is 7.16. The van der Waals surface area contributed by atoms with Crippen molar-refractivity contribution in [3.05, 3.63) is 28.0 Å². The lowest BCUT2D eigenvalue weighted by Gasteiger charge is -1.99. The number of halogens is 1. The zero-order chi connectivity index (χ0) is 13.8. The van der Waals surface area contributed by atoms with Crippen LogP contribution in [0.3, 0.4) is 0 Å². The predicted octanol–water partition coefficient (Wildman–Crippen LogP) is 3.22. The van der Waals surface area contributed by atoms with Gasteiger partial charge in [0.05, 0.1) is 16.8 Å². The molecule has 0 radical (unpaired) electrons. The molecule has 0 unspecified atom stereocenters. The van der Waals surface area contributed by atoms with Gasteiger partial charge in [0.2, 0.25) is 5.91 Å². The van der Waals surface area contributed by atoms with Crippen LogP contribution in [0.4, 0.5) is 0 Å². The minimum atomic E-state index is -0.120. The average Bonchev–Trinajstić information content (AvgIpc) is 2.67. The molecule has 1 heterocycles. The van der Waals surface area contributed by atoms with Crippen LogP contribution in [0.2, 0.25) is 5.02 Å². The van der Waals surface area contributed by atoms with Crippen molar-refractivity contribution in [3.8, 4) is 12.3 Å². The van der Waals surface area contributed by atoms with Crippen molar-refractivity contribution in [1.29, 1.82) is 0 Å². The normalized spacial score (nSPS) is 11.7. The number of thiazole rings is 1. The van der Waals surface area contributed by atoms with E-state index in [4.69, 9.17) is 18.0 Å². The van der Waals surface area contributed by atoms with Crippen molar-refractivity contribution >= 4 is 39.1 Å². The first-order valence-corrected chi connectivity index (χ1v) is 7.15. The largest absolute Gasteiger partial charge is 0.305 e. The van der Waals surface area contributed by atoms with Crippen LogP contribution >= 0.6 is 22.9 Å². The van der Waals surface area contributed by atoms with E-state index >= 15 is 0 Å². The van der Waals surface area contributed by atoms with Gasteiger partial charge in [-0.3, -0.25) is 4.79 Å². The SMILES string of the molecule is C#CCn1c(=NC(=O)CCC)sc2cc(Cl)ccc21. The molecular weight excluding hydrogens is 280 g/mol. The maximum atomic E-state index is 11.7. The topological polar surface area (TPSA) is 34.4 Å². The van der Waals surface area contributed by atoms with E-state index in [1.807, 2.05) is 23.6 Å². The molecule has 5 heteroatoms. The minimum absolute atomic E-state index is 0.120. The first-order chi connectivity index (χ1) is 9.15. The fourth-order valence-corrected chi connectivity index (χ4v) is 3.08. The highest BCUT2D eigenvalue weighted by Crippen LogP contribution is 2.21. The smallest absolute Gasteiger partial charge is 0.248 e. The number of aromatic nitrogens is 1. The fraction of sp³-hybridized carbons (Fsp3) is 0.286. The summed E-state index contributed by atoms with van der Waals surface area (Å²) in [5.74, 6) is 2.47. The van der Waals surface area contributed by atoms with Crippen LogP contribution in [-0.2, 0) is 11.3 Å². The van der Waals surface area contributed by atoms with Gasteiger partial charge in [-0.05, 0) is 24.6 Å². The molecular formula is C14H13ClN2OS. The Morgan fingerprint density at radius 3 is 3.05 bits per heavy atom. The Balaban J connectivity index is 2.63. The summed E-state index contributed by atoms with van der Waals surface area (Å²) in [5, 5.41) is 0.660. The molecule has 2 aromatic rings. The summed E-state index contributed by atoms with van der Waals surface area (Å²) in [6.45, 7) is 2.34. The molecule has 0 atom stereocenters. The Labute approximate surface area is 120 Å². The predicted molar refractivity (Wildman–Crippen MR) is 79.1 cm³/mol. The van der Waals surface area contributed by atoms with Gasteiger partial charge in [-0.2, -0.15) is 4.99 Å². The second-order valence-electron chi connectivity index (χ2n) is 4.04. The summed E-state index contributed by atoms with van der Waals surface area (Å²) >= 11 is 7.40. The number of carbonyl (C=O) groups is 1. The van der Waals surface area contributed by atoms with Gasteiger partial charge in [-0.25, -0.2) is 0 Å². The molecule has 0 aliphatic heterocycles. The van der Waals surface area contributed by atoms with E-state index in [2.05, 4.69) is 10.9 Å². The summed E-state index contributed by atoms with van der Waals surface area (Å²) in [4.78, 5) is 16.4. The second kappa shape index (κ2) is 6.05. The lowest BCUT2D eigenvalue weighted by Crippen LogP contribution is -2.16. The molecule has 19 heavy (non-hydrogen) atoms. The third-order valence-electron chi connectivity index (χ3n) is 2.58. The van der Waals surface area contributed by atoms with Crippen molar-refractivity contribution < 1.29 is 4.79 Å². The highest BCUT2D eigenvalue weighted by Gasteiger charge is 2.07. The number of benzene rings is 1. The van der Waals surface area contributed by atoms with E-state index in [9.17, 15) is 4.79 Å². The average molecular weight is 293 g/mol. The maximum Gasteiger partial charge on any atom is 0.248 e. The number of fused-ring (bicyclic) bond motifs is 1. The molecule has 0 aliphatic carbocycles. The van der Waals surface area contributed by atoms with Gasteiger partial charge in [0, 0.05) is 11.4 Å². The monoisotopic (exact) mass is 292 g/mol. The van der Waals surface area contributed by atoms with Crippen molar-refractivity contribution in [3.63, 3.8) is 0 Å². The summed E-state index contributed by atoms with van der Waals surface area (Å²) in [6, 6.07) is 5.56. The molecule has 0 saturated heterocycles. The number of nitrogens with zero attached hydrogens (tertiary/aromatic N) is 2. The van der Waals surface area contributed by atoms with Gasteiger partial charge in [-0.15, -0.1) is 6.42 Å². The van der Waals surface area contributed by atoms with Crippen molar-refractivity contribution in [2.24, 2.45) is 4.99 Å². The number of rotatable bonds is 3. The molecule has 0 bridgehead atoms. The van der Waals surface area contributed by atoms with Gasteiger partial charge in [0.1, 0.15) is 0 Å². The van der Waals surface area contributed by atoms with Gasteiger partial charge in [-0.1, -0.05) is 35.8 Å². The molecule has 0 fully saturated rings. The zero-order valence-corrected chi connectivity index (χ0v) is 12.1. The van der Waals surface area contributed by atoms with E-state index in [1.54, 1.807) is 6.07 Å². The highest BCUT2D eigenvalue weighted by atomic mass is 35.5. The number of terminal acetylenes is 1. The van der Waals surface area contributed by atoms with E-state index in [0.717, 1.165) is 16.6 Å². The van der Waals surface area contributed by atoms with Crippen molar-refractivity contribution in [1.82, 2.24) is 4.57 Å². The Morgan fingerprint density at radius 2 is 2.37 bits per heavy atom. The quantitative estimate of drug-likeness (QED) is 0.800. The van der Waals surface area contributed by atoms with Crippen LogP contribution in [0, 0.1) is 12.3 Å². The molecule has 3 nitrogen and oxygen atoms in total. The van der Waals surface area contributed by atoms with Crippen molar-refractivity contribution in [2.75, 3.05) is 0 Å². The maximum absolute atomic E-state index is 11.7. The van der Waals surface area contributed by atoms with Crippen LogP contribution < -0.4 is 4.80 Å². The first kappa shape index (κ1) is 13.9. The Hall–Kier alpha value is -1.57. The lowest BCUT2D eigenvalue weighted by atomic mass is 10.3. The summed E-state index contributed by atoms with van der Waals surface area (Å²) in [5.41, 5.74) is 0.954. The fourth-order valence-electron chi connectivity index (χ4n) is 1.75. The zero-order valence-electron chi connectivity index (χ0n) is 10.5. The van der Waals surface area contributed by atoms with Crippen LogP contribution in [0.15, 0.2) is 23.2 Å². The van der Waals surface area contributed by atoms with Gasteiger partial charge < -0.3 is 4.57 Å². The number of hydrogen-bond donors (Lipinski definition) is 0. The van der Waals surface area contributed by atoms with E-state index in [0.29, 0.717) is 22.8 Å². The molecule has 0 spiro atoms. The van der Waals surface area contributed by atoms with E-state index in [1.165, 1.54) is 11.3 Å². The molecule has 0 saturated carbocycles. The van der Waals surface area contributed by atoms with Crippen LogP contribution in [-0.4, -0.2) is 10.5 Å². The summed E-state index contributed by atoms with van der Waals surface area (Å²) in [6.07, 6.45) is 6.62. The molecule has 0 N–H and O–H groups in total. The van der Waals surface area contributed by atoms with E-state index < -0.39 is 0 Å². The third-order valence-corrected chi connectivity index (χ3v) is 3.85. The molecule has 1 aromatic carbocycles. The van der Waals surface area contributed by atoms with E-state index in [-0.39, 0.29) is 5.91 Å². The number of carbonyl (C=O) groups excluding carboxylic acids is 1. The molecule has 98 valence electrons. The molecule has 1 amide bonds. The summed E-state index contributed by atoms with van der Waals surface area (Å²) in [7, 11) is 0. The van der Waals surface area contributed by atoms with Crippen LogP contribution in [0.5, 0.6) is 0 Å². The number of hydrogen-bond acceptors (Lipinski definition) is 2. The van der Waals surface area contributed by atoms with Crippen LogP contribution in [0.1, 0.15) is 19.8 Å². The van der Waals surface area contributed by atoms with Crippen LogP contribution in [0.25, 0.3) is 10.2 Å². The van der Waals surface area contributed by atoms with Gasteiger partial charge >= 0.3 is 0 Å². The lowest BCUT2D eigenvalue weighted by molar-refractivity contribution is -0.118. The molecule has 1 aromatic heterocycles. The van der Waals surface area contributed by atoms with Gasteiger partial charge in [0.25, 0.3) is 0 Å². The van der Waals surface area contributed by atoms with Crippen molar-refractivity contribution in [2.45, 2.75) is 26.3 Å². The third kappa shape index (κ3) is 3.06. The standard InChI is InChI=1S/C14H13ClN2OS/c1-3-5-13(18)16-14-17(8-4-2)11-7-6-10(15)9-12(11)19-14/h2,6-7,9H,3,5,8H2,1H3. The second-order valence-corrected chi connectivity index (χ2v) is 5.49. The first-order valence-electron chi connectivity index (χ1n) is 5.95. The number of amides is 1. The molecule has 2 rings (SSSR count). The minimum Gasteiger partial charge on any atom is -0.305 e.